The van der Waals surface area contributed by atoms with Gasteiger partial charge in [-0.3, -0.25) is 0 Å². The number of nitrogens with one attached hydrogen (secondary N) is 3. The Labute approximate surface area is 121 Å². The van der Waals surface area contributed by atoms with Crippen LogP contribution in [0.4, 0.5) is 5.82 Å². The summed E-state index contributed by atoms with van der Waals surface area (Å²) < 4.78 is 0. The van der Waals surface area contributed by atoms with Crippen molar-refractivity contribution in [3.8, 4) is 0 Å². The minimum Gasteiger partial charge on any atom is -0.356 e. The third-order valence-electron chi connectivity index (χ3n) is 4.15. The number of anilines is 1. The molecule has 2 aromatic heterocycles. The van der Waals surface area contributed by atoms with Crippen molar-refractivity contribution >= 4 is 26.2 Å². The van der Waals surface area contributed by atoms with E-state index in [-0.39, 0.29) is 0 Å². The number of aromatic amines is 1. The van der Waals surface area contributed by atoms with Gasteiger partial charge in [0.15, 0.2) is 5.82 Å². The third kappa shape index (κ3) is 2.52. The molecule has 0 spiro atoms. The van der Waals surface area contributed by atoms with Crippen molar-refractivity contribution in [1.82, 2.24) is 20.3 Å². The van der Waals surface area contributed by atoms with Crippen LogP contribution in [0.3, 0.4) is 0 Å². The molecular formula is C14H22N5P. The maximum absolute atomic E-state index is 4.45. The quantitative estimate of drug-likeness (QED) is 0.740. The van der Waals surface area contributed by atoms with Crippen molar-refractivity contribution < 1.29 is 0 Å². The van der Waals surface area contributed by atoms with E-state index in [0.717, 1.165) is 16.9 Å². The van der Waals surface area contributed by atoms with Crippen molar-refractivity contribution in [2.24, 2.45) is 0 Å². The number of nitrogens with zero attached hydrogens (tertiary/aromatic N) is 2. The largest absolute Gasteiger partial charge is 0.356 e. The molecule has 3 N–H and O–H groups in total. The molecule has 2 aromatic rings. The number of aromatic nitrogens is 3. The Bertz CT molecular complexity index is 582. The molecule has 108 valence electrons. The zero-order chi connectivity index (χ0) is 13.9. The van der Waals surface area contributed by atoms with Gasteiger partial charge in [0.1, 0.15) is 11.8 Å². The van der Waals surface area contributed by atoms with Gasteiger partial charge < -0.3 is 15.4 Å². The first kappa shape index (κ1) is 13.8. The summed E-state index contributed by atoms with van der Waals surface area (Å²) in [5.74, 6) is 0.826. The highest BCUT2D eigenvalue weighted by atomic mass is 31.0. The van der Waals surface area contributed by atoms with E-state index in [1.807, 2.05) is 0 Å². The predicted molar refractivity (Wildman–Crippen MR) is 85.6 cm³/mol. The molecule has 20 heavy (non-hydrogen) atoms. The van der Waals surface area contributed by atoms with Crippen LogP contribution < -0.4 is 10.4 Å². The molecule has 0 aliphatic carbocycles. The summed E-state index contributed by atoms with van der Waals surface area (Å²) in [6, 6.07) is 1.07. The Morgan fingerprint density at radius 1 is 1.40 bits per heavy atom. The number of hydrogen-bond acceptors (Lipinski definition) is 4. The van der Waals surface area contributed by atoms with Gasteiger partial charge >= 0.3 is 0 Å². The van der Waals surface area contributed by atoms with E-state index >= 15 is 0 Å². The number of H-pyrrole nitrogens is 1. The molecule has 5 nitrogen and oxygen atoms in total. The van der Waals surface area contributed by atoms with Crippen molar-refractivity contribution in [3.05, 3.63) is 18.1 Å². The normalized spacial score (nSPS) is 22.5. The number of fused-ring (bicyclic) bond motifs is 1. The Hall–Kier alpha value is -1.19. The Morgan fingerprint density at radius 3 is 3.10 bits per heavy atom. The fourth-order valence-electron chi connectivity index (χ4n) is 3.08. The maximum Gasteiger partial charge on any atom is 0.156 e. The number of unbranched alkanes of at least 4 members (excludes halogenated alkanes) is 1. The first-order chi connectivity index (χ1) is 9.83. The summed E-state index contributed by atoms with van der Waals surface area (Å²) in [7, 11) is 2.48. The van der Waals surface area contributed by atoms with Crippen molar-refractivity contribution in [2.75, 3.05) is 5.09 Å². The number of rotatable bonds is 5. The predicted octanol–water partition coefficient (Wildman–Crippen LogP) is 3.14. The van der Waals surface area contributed by atoms with Crippen molar-refractivity contribution in [2.45, 2.75) is 51.1 Å². The van der Waals surface area contributed by atoms with Gasteiger partial charge in [-0.25, -0.2) is 9.97 Å². The van der Waals surface area contributed by atoms with Gasteiger partial charge in [0.25, 0.3) is 0 Å². The summed E-state index contributed by atoms with van der Waals surface area (Å²) in [4.78, 5) is 12.0. The second-order valence-electron chi connectivity index (χ2n) is 5.47. The van der Waals surface area contributed by atoms with Gasteiger partial charge in [-0.1, -0.05) is 19.8 Å². The van der Waals surface area contributed by atoms with Crippen LogP contribution in [0.2, 0.25) is 0 Å². The SMILES string of the molecule is CCCCC1CCC(c2c[nH]c3c(NP)ncnc23)N1. The first-order valence-corrected chi connectivity index (χ1v) is 7.95. The zero-order valence-corrected chi connectivity index (χ0v) is 13.0. The van der Waals surface area contributed by atoms with E-state index in [9.17, 15) is 0 Å². The van der Waals surface area contributed by atoms with E-state index in [1.165, 1.54) is 37.7 Å². The molecule has 0 saturated carbocycles. The molecule has 0 aromatic carbocycles. The van der Waals surface area contributed by atoms with Crippen LogP contribution in [0, 0.1) is 0 Å². The van der Waals surface area contributed by atoms with Gasteiger partial charge in [-0.15, -0.1) is 0 Å². The van der Waals surface area contributed by atoms with Crippen molar-refractivity contribution in [3.63, 3.8) is 0 Å². The van der Waals surface area contributed by atoms with Crippen LogP contribution in [0.1, 0.15) is 50.6 Å². The Kier molecular flexibility index (Phi) is 4.18. The summed E-state index contributed by atoms with van der Waals surface area (Å²) in [5.41, 5.74) is 3.28. The van der Waals surface area contributed by atoms with Gasteiger partial charge in [0.05, 0.1) is 5.52 Å². The summed E-state index contributed by atoms with van der Waals surface area (Å²) >= 11 is 0. The molecular weight excluding hydrogens is 269 g/mol. The standard InChI is InChI=1S/C14H22N5P/c1-2-3-4-9-5-6-11(18-9)10-7-15-13-12(10)16-8-17-14(13)19-20/h7-9,11,15,18H,2-6,20H2,1H3,(H,16,17,19). The highest BCUT2D eigenvalue weighted by Gasteiger charge is 2.27. The van der Waals surface area contributed by atoms with Crippen LogP contribution in [-0.2, 0) is 0 Å². The van der Waals surface area contributed by atoms with E-state index in [1.54, 1.807) is 6.33 Å². The molecule has 0 amide bonds. The molecule has 6 heteroatoms. The number of hydrogen-bond donors (Lipinski definition) is 3. The fourth-order valence-corrected chi connectivity index (χ4v) is 3.30. The second kappa shape index (κ2) is 6.06. The third-order valence-corrected chi connectivity index (χ3v) is 4.43. The van der Waals surface area contributed by atoms with Crippen LogP contribution >= 0.6 is 9.39 Å². The molecule has 3 rings (SSSR count). The molecule has 1 fully saturated rings. The lowest BCUT2D eigenvalue weighted by molar-refractivity contribution is 0.503. The fraction of sp³-hybridized carbons (Fsp3) is 0.571. The van der Waals surface area contributed by atoms with E-state index < -0.39 is 0 Å². The lowest BCUT2D eigenvalue weighted by atomic mass is 10.1. The summed E-state index contributed by atoms with van der Waals surface area (Å²) in [6.45, 7) is 2.25. The second-order valence-corrected chi connectivity index (χ2v) is 5.76. The van der Waals surface area contributed by atoms with Crippen LogP contribution in [0.25, 0.3) is 11.0 Å². The minimum atomic E-state index is 0.415. The minimum absolute atomic E-state index is 0.415. The lowest BCUT2D eigenvalue weighted by Gasteiger charge is -2.13. The van der Waals surface area contributed by atoms with E-state index in [4.69, 9.17) is 0 Å². The van der Waals surface area contributed by atoms with Crippen LogP contribution in [-0.4, -0.2) is 21.0 Å². The molecule has 1 aliphatic rings. The highest BCUT2D eigenvalue weighted by molar-refractivity contribution is 7.18. The van der Waals surface area contributed by atoms with E-state index in [2.05, 4.69) is 47.9 Å². The Morgan fingerprint density at radius 2 is 2.30 bits per heavy atom. The van der Waals surface area contributed by atoms with Gasteiger partial charge in [0, 0.05) is 23.8 Å². The maximum atomic E-state index is 4.45. The van der Waals surface area contributed by atoms with Gasteiger partial charge in [0.2, 0.25) is 0 Å². The topological polar surface area (TPSA) is 65.6 Å². The average Bonchev–Trinajstić information content (AvgIpc) is 3.10. The highest BCUT2D eigenvalue weighted by Crippen LogP contribution is 2.33. The van der Waals surface area contributed by atoms with E-state index in [0.29, 0.717) is 12.1 Å². The monoisotopic (exact) mass is 291 g/mol. The van der Waals surface area contributed by atoms with Gasteiger partial charge in [-0.2, -0.15) is 0 Å². The van der Waals surface area contributed by atoms with Crippen molar-refractivity contribution in [1.29, 1.82) is 0 Å². The lowest BCUT2D eigenvalue weighted by Crippen LogP contribution is -2.23. The summed E-state index contributed by atoms with van der Waals surface area (Å²) in [6.07, 6.45) is 10.0. The Balaban J connectivity index is 1.81. The van der Waals surface area contributed by atoms with Crippen LogP contribution in [0.5, 0.6) is 0 Å². The molecule has 3 atom stereocenters. The van der Waals surface area contributed by atoms with Gasteiger partial charge in [-0.05, 0) is 28.7 Å². The molecule has 0 bridgehead atoms. The average molecular weight is 291 g/mol. The summed E-state index contributed by atoms with van der Waals surface area (Å²) in [5, 5.41) is 6.78. The smallest absolute Gasteiger partial charge is 0.156 e. The first-order valence-electron chi connectivity index (χ1n) is 7.38. The molecule has 3 unspecified atom stereocenters. The molecule has 1 saturated heterocycles. The molecule has 0 radical (unpaired) electrons. The van der Waals surface area contributed by atoms with Crippen LogP contribution in [0.15, 0.2) is 12.5 Å². The zero-order valence-electron chi connectivity index (χ0n) is 11.8. The molecule has 1 aliphatic heterocycles. The molecule has 3 heterocycles.